The Kier molecular flexibility index (Phi) is 4.74. The lowest BCUT2D eigenvalue weighted by Gasteiger charge is -2.08. The van der Waals surface area contributed by atoms with Crippen molar-refractivity contribution < 1.29 is 4.92 Å². The van der Waals surface area contributed by atoms with Gasteiger partial charge >= 0.3 is 5.69 Å². The van der Waals surface area contributed by atoms with Crippen molar-refractivity contribution in [1.82, 2.24) is 15.0 Å². The molecule has 3 aromatic heterocycles. The molecule has 0 saturated carbocycles. The Morgan fingerprint density at radius 2 is 2.04 bits per heavy atom. The second kappa shape index (κ2) is 7.11. The molecule has 3 rings (SSSR count). The highest BCUT2D eigenvalue weighted by molar-refractivity contribution is 7.13. The van der Waals surface area contributed by atoms with Crippen LogP contribution in [0, 0.1) is 10.1 Å². The van der Waals surface area contributed by atoms with Crippen molar-refractivity contribution in [2.24, 2.45) is 0 Å². The van der Waals surface area contributed by atoms with E-state index in [2.05, 4.69) is 25.6 Å². The normalized spacial score (nSPS) is 10.4. The third-order valence-electron chi connectivity index (χ3n) is 2.91. The van der Waals surface area contributed by atoms with Gasteiger partial charge in [0, 0.05) is 23.0 Å². The minimum absolute atomic E-state index is 0.124. The molecule has 0 aliphatic rings. The summed E-state index contributed by atoms with van der Waals surface area (Å²) in [4.78, 5) is 24.1. The van der Waals surface area contributed by atoms with E-state index in [1.165, 1.54) is 22.5 Å². The van der Waals surface area contributed by atoms with Gasteiger partial charge in [0.15, 0.2) is 5.13 Å². The first kappa shape index (κ1) is 15.3. The third-order valence-corrected chi connectivity index (χ3v) is 4.53. The predicted octanol–water partition coefficient (Wildman–Crippen LogP) is 3.30. The first-order valence-corrected chi connectivity index (χ1v) is 8.42. The maximum Gasteiger partial charge on any atom is 0.353 e. The Morgan fingerprint density at radius 3 is 2.74 bits per heavy atom. The highest BCUT2D eigenvalue weighted by Crippen LogP contribution is 2.31. The lowest BCUT2D eigenvalue weighted by molar-refractivity contribution is -0.383. The van der Waals surface area contributed by atoms with Crippen LogP contribution in [0.25, 0.3) is 0 Å². The minimum Gasteiger partial charge on any atom is -0.364 e. The van der Waals surface area contributed by atoms with Crippen LogP contribution in [-0.2, 0) is 6.42 Å². The second-order valence-corrected chi connectivity index (χ2v) is 6.32. The summed E-state index contributed by atoms with van der Waals surface area (Å²) in [6, 6.07) is 4.00. The van der Waals surface area contributed by atoms with E-state index in [1.807, 2.05) is 17.5 Å². The fourth-order valence-corrected chi connectivity index (χ4v) is 3.15. The summed E-state index contributed by atoms with van der Waals surface area (Å²) in [5.74, 6) is 0.319. The molecule has 0 atom stereocenters. The zero-order valence-corrected chi connectivity index (χ0v) is 13.4. The van der Waals surface area contributed by atoms with Crippen molar-refractivity contribution in [2.45, 2.75) is 6.42 Å². The molecule has 0 aromatic carbocycles. The molecule has 0 spiro atoms. The fourth-order valence-electron chi connectivity index (χ4n) is 1.92. The van der Waals surface area contributed by atoms with Crippen LogP contribution < -0.4 is 10.6 Å². The van der Waals surface area contributed by atoms with E-state index in [9.17, 15) is 10.1 Å². The van der Waals surface area contributed by atoms with Gasteiger partial charge in [-0.15, -0.1) is 22.7 Å². The van der Waals surface area contributed by atoms with E-state index in [-0.39, 0.29) is 17.3 Å². The van der Waals surface area contributed by atoms with Crippen molar-refractivity contribution in [2.75, 3.05) is 17.2 Å². The van der Waals surface area contributed by atoms with E-state index in [4.69, 9.17) is 0 Å². The lowest BCUT2D eigenvalue weighted by Crippen LogP contribution is -2.10. The first-order valence-electron chi connectivity index (χ1n) is 6.66. The molecule has 0 bridgehead atoms. The highest BCUT2D eigenvalue weighted by atomic mass is 32.1. The van der Waals surface area contributed by atoms with Crippen LogP contribution in [0.1, 0.15) is 4.88 Å². The molecule has 0 aliphatic heterocycles. The maximum atomic E-state index is 11.4. The largest absolute Gasteiger partial charge is 0.364 e. The van der Waals surface area contributed by atoms with E-state index in [0.29, 0.717) is 11.7 Å². The van der Waals surface area contributed by atoms with Crippen molar-refractivity contribution in [3.05, 3.63) is 50.4 Å². The summed E-state index contributed by atoms with van der Waals surface area (Å²) in [5, 5.41) is 21.6. The SMILES string of the molecule is O=[N+]([O-])c1c(NCCc2cccs2)ncnc1Nc1nccs1. The van der Waals surface area contributed by atoms with Gasteiger partial charge in [0.1, 0.15) is 6.33 Å². The smallest absolute Gasteiger partial charge is 0.353 e. The molecule has 0 radical (unpaired) electrons. The molecule has 3 heterocycles. The number of thiophene rings is 1. The predicted molar refractivity (Wildman–Crippen MR) is 90.6 cm³/mol. The van der Waals surface area contributed by atoms with Gasteiger partial charge < -0.3 is 10.6 Å². The summed E-state index contributed by atoms with van der Waals surface area (Å²) >= 11 is 2.98. The van der Waals surface area contributed by atoms with Crippen LogP contribution in [-0.4, -0.2) is 26.4 Å². The van der Waals surface area contributed by atoms with Gasteiger partial charge in [0.2, 0.25) is 11.6 Å². The molecule has 3 aromatic rings. The highest BCUT2D eigenvalue weighted by Gasteiger charge is 2.23. The van der Waals surface area contributed by atoms with Crippen LogP contribution in [0.2, 0.25) is 0 Å². The van der Waals surface area contributed by atoms with Gasteiger partial charge in [-0.3, -0.25) is 10.1 Å². The number of nitrogens with one attached hydrogen (secondary N) is 2. The van der Waals surface area contributed by atoms with Crippen LogP contribution in [0.4, 0.5) is 22.5 Å². The molecule has 118 valence electrons. The Balaban J connectivity index is 1.77. The second-order valence-electron chi connectivity index (χ2n) is 4.39. The molecule has 0 aliphatic carbocycles. The zero-order valence-electron chi connectivity index (χ0n) is 11.8. The molecule has 2 N–H and O–H groups in total. The summed E-state index contributed by atoms with van der Waals surface area (Å²) in [6.45, 7) is 0.551. The van der Waals surface area contributed by atoms with E-state index in [1.54, 1.807) is 22.9 Å². The molecular weight excluding hydrogens is 336 g/mol. The van der Waals surface area contributed by atoms with Crippen LogP contribution >= 0.6 is 22.7 Å². The van der Waals surface area contributed by atoms with Gasteiger partial charge in [0.25, 0.3) is 0 Å². The van der Waals surface area contributed by atoms with Crippen molar-refractivity contribution in [1.29, 1.82) is 0 Å². The lowest BCUT2D eigenvalue weighted by atomic mass is 10.3. The zero-order chi connectivity index (χ0) is 16.1. The number of nitro groups is 1. The third kappa shape index (κ3) is 3.79. The average Bonchev–Trinajstić information content (AvgIpc) is 3.21. The fraction of sp³-hybridized carbons (Fsp3) is 0.154. The summed E-state index contributed by atoms with van der Waals surface area (Å²) in [7, 11) is 0. The number of hydrogen-bond acceptors (Lipinski definition) is 9. The van der Waals surface area contributed by atoms with Gasteiger partial charge in [-0.1, -0.05) is 6.07 Å². The summed E-state index contributed by atoms with van der Waals surface area (Å²) in [6.07, 6.45) is 3.67. The van der Waals surface area contributed by atoms with Crippen molar-refractivity contribution in [3.63, 3.8) is 0 Å². The van der Waals surface area contributed by atoms with Gasteiger partial charge in [-0.05, 0) is 17.9 Å². The van der Waals surface area contributed by atoms with Gasteiger partial charge in [0.05, 0.1) is 4.92 Å². The number of nitrogens with zero attached hydrogens (tertiary/aromatic N) is 4. The van der Waals surface area contributed by atoms with E-state index in [0.717, 1.165) is 6.42 Å². The van der Waals surface area contributed by atoms with Gasteiger partial charge in [-0.2, -0.15) is 0 Å². The minimum atomic E-state index is -0.497. The number of rotatable bonds is 7. The van der Waals surface area contributed by atoms with Crippen LogP contribution in [0.15, 0.2) is 35.4 Å². The number of anilines is 3. The quantitative estimate of drug-likeness (QED) is 0.498. The molecular formula is C13H12N6O2S2. The molecule has 0 amide bonds. The Labute approximate surface area is 139 Å². The number of thiazole rings is 1. The van der Waals surface area contributed by atoms with Crippen LogP contribution in [0.5, 0.6) is 0 Å². The molecule has 23 heavy (non-hydrogen) atoms. The molecule has 0 unspecified atom stereocenters. The Bertz CT molecular complexity index is 776. The van der Waals surface area contributed by atoms with E-state index < -0.39 is 4.92 Å². The molecule has 0 saturated heterocycles. The van der Waals surface area contributed by atoms with Crippen LogP contribution in [0.3, 0.4) is 0 Å². The Hall–Kier alpha value is -2.59. The van der Waals surface area contributed by atoms with Crippen molar-refractivity contribution in [3.8, 4) is 0 Å². The first-order chi connectivity index (χ1) is 11.2. The van der Waals surface area contributed by atoms with E-state index >= 15 is 0 Å². The number of hydrogen-bond donors (Lipinski definition) is 2. The Morgan fingerprint density at radius 1 is 1.17 bits per heavy atom. The molecule has 0 fully saturated rings. The summed E-state index contributed by atoms with van der Waals surface area (Å²) < 4.78 is 0. The standard InChI is InChI=1S/C13H12N6O2S2/c20-19(21)10-11(14-4-3-9-2-1-6-22-9)16-8-17-12(10)18-13-15-5-7-23-13/h1-2,5-8H,3-4H2,(H2,14,15,16,17,18). The van der Waals surface area contributed by atoms with Crippen molar-refractivity contribution >= 4 is 45.1 Å². The monoisotopic (exact) mass is 348 g/mol. The number of aromatic nitrogens is 3. The molecule has 8 nitrogen and oxygen atoms in total. The molecule has 10 heteroatoms. The average molecular weight is 348 g/mol. The topological polar surface area (TPSA) is 106 Å². The summed E-state index contributed by atoms with van der Waals surface area (Å²) in [5.41, 5.74) is -0.186. The maximum absolute atomic E-state index is 11.4. The van der Waals surface area contributed by atoms with Gasteiger partial charge in [-0.25, -0.2) is 15.0 Å².